The second-order valence-corrected chi connectivity index (χ2v) is 4.64. The fourth-order valence-electron chi connectivity index (χ4n) is 1.67. The number of thiophene rings is 1. The van der Waals surface area contributed by atoms with Crippen LogP contribution in [0, 0.1) is 0 Å². The van der Waals surface area contributed by atoms with Gasteiger partial charge in [-0.1, -0.05) is 11.6 Å². The van der Waals surface area contributed by atoms with Crippen LogP contribution in [0.5, 0.6) is 0 Å². The summed E-state index contributed by atoms with van der Waals surface area (Å²) >= 11 is 7.31. The van der Waals surface area contributed by atoms with Crippen LogP contribution in [0.15, 0.2) is 0 Å². The van der Waals surface area contributed by atoms with E-state index in [1.807, 2.05) is 0 Å². The first-order valence-electron chi connectivity index (χ1n) is 4.23. The molecule has 0 spiro atoms. The van der Waals surface area contributed by atoms with Crippen LogP contribution in [0.4, 0.5) is 0 Å². The molecule has 0 saturated carbocycles. The maximum Gasteiger partial charge on any atom is 0.347 e. The minimum atomic E-state index is -0.899. The van der Waals surface area contributed by atoms with E-state index in [0.717, 1.165) is 31.2 Å². The van der Waals surface area contributed by atoms with Gasteiger partial charge in [-0.2, -0.15) is 0 Å². The molecule has 0 unspecified atom stereocenters. The van der Waals surface area contributed by atoms with Crippen molar-refractivity contribution in [2.24, 2.45) is 0 Å². The molecule has 0 radical (unpaired) electrons. The Labute approximate surface area is 85.1 Å². The van der Waals surface area contributed by atoms with Crippen LogP contribution in [0.2, 0.25) is 5.02 Å². The van der Waals surface area contributed by atoms with Crippen LogP contribution < -0.4 is 0 Å². The van der Waals surface area contributed by atoms with Gasteiger partial charge in [0, 0.05) is 4.88 Å². The molecule has 70 valence electrons. The predicted octanol–water partition coefficient (Wildman–Crippen LogP) is 2.98. The number of carbonyl (C=O) groups is 1. The Kier molecular flexibility index (Phi) is 2.30. The van der Waals surface area contributed by atoms with Gasteiger partial charge in [-0.05, 0) is 31.2 Å². The molecule has 1 aromatic rings. The summed E-state index contributed by atoms with van der Waals surface area (Å²) in [6, 6.07) is 0. The summed E-state index contributed by atoms with van der Waals surface area (Å²) in [4.78, 5) is 12.3. The van der Waals surface area contributed by atoms with E-state index in [1.54, 1.807) is 0 Å². The highest BCUT2D eigenvalue weighted by Gasteiger charge is 2.22. The van der Waals surface area contributed by atoms with Crippen molar-refractivity contribution in [1.82, 2.24) is 0 Å². The quantitative estimate of drug-likeness (QED) is 0.784. The second-order valence-electron chi connectivity index (χ2n) is 3.16. The molecule has 1 aliphatic carbocycles. The zero-order chi connectivity index (χ0) is 9.42. The van der Waals surface area contributed by atoms with E-state index in [0.29, 0.717) is 9.90 Å². The lowest BCUT2D eigenvalue weighted by Gasteiger charge is -2.09. The Morgan fingerprint density at radius 3 is 2.69 bits per heavy atom. The van der Waals surface area contributed by atoms with E-state index >= 15 is 0 Å². The van der Waals surface area contributed by atoms with Crippen molar-refractivity contribution in [3.05, 3.63) is 20.3 Å². The molecule has 0 amide bonds. The monoisotopic (exact) mass is 216 g/mol. The largest absolute Gasteiger partial charge is 0.477 e. The highest BCUT2D eigenvalue weighted by atomic mass is 35.5. The topological polar surface area (TPSA) is 37.3 Å². The number of carboxylic acids is 1. The van der Waals surface area contributed by atoms with Crippen molar-refractivity contribution < 1.29 is 9.90 Å². The van der Waals surface area contributed by atoms with Crippen LogP contribution in [0.1, 0.15) is 33.0 Å². The number of halogens is 1. The lowest BCUT2D eigenvalue weighted by atomic mass is 9.99. The lowest BCUT2D eigenvalue weighted by Crippen LogP contribution is -1.98. The van der Waals surface area contributed by atoms with Gasteiger partial charge in [0.05, 0.1) is 5.02 Å². The first kappa shape index (κ1) is 9.03. The van der Waals surface area contributed by atoms with E-state index in [1.165, 1.54) is 16.2 Å². The third kappa shape index (κ3) is 1.46. The summed E-state index contributed by atoms with van der Waals surface area (Å²) in [5, 5.41) is 9.32. The molecule has 4 heteroatoms. The van der Waals surface area contributed by atoms with E-state index in [-0.39, 0.29) is 0 Å². The average molecular weight is 217 g/mol. The van der Waals surface area contributed by atoms with Gasteiger partial charge in [-0.15, -0.1) is 11.3 Å². The van der Waals surface area contributed by atoms with Gasteiger partial charge < -0.3 is 5.11 Å². The Bertz CT molecular complexity index is 357. The van der Waals surface area contributed by atoms with Crippen molar-refractivity contribution >= 4 is 28.9 Å². The van der Waals surface area contributed by atoms with Crippen LogP contribution in [0.25, 0.3) is 0 Å². The Morgan fingerprint density at radius 1 is 1.38 bits per heavy atom. The standard InChI is InChI=1S/C9H9ClO2S/c10-7-5-3-1-2-4-6(5)13-8(7)9(11)12/h1-4H2,(H,11,12). The van der Waals surface area contributed by atoms with Gasteiger partial charge in [0.25, 0.3) is 0 Å². The Balaban J connectivity index is 2.50. The molecular formula is C9H9ClO2S. The van der Waals surface area contributed by atoms with Gasteiger partial charge in [-0.3, -0.25) is 0 Å². The Morgan fingerprint density at radius 2 is 2.08 bits per heavy atom. The van der Waals surface area contributed by atoms with Crippen molar-refractivity contribution in [1.29, 1.82) is 0 Å². The molecule has 0 aliphatic heterocycles. The first-order valence-corrected chi connectivity index (χ1v) is 5.43. The predicted molar refractivity (Wildman–Crippen MR) is 52.9 cm³/mol. The van der Waals surface area contributed by atoms with Gasteiger partial charge in [0.15, 0.2) is 0 Å². The molecular weight excluding hydrogens is 208 g/mol. The first-order chi connectivity index (χ1) is 6.20. The van der Waals surface area contributed by atoms with Gasteiger partial charge in [0.1, 0.15) is 4.88 Å². The molecule has 13 heavy (non-hydrogen) atoms. The maximum absolute atomic E-state index is 10.8. The molecule has 0 atom stereocenters. The van der Waals surface area contributed by atoms with Crippen molar-refractivity contribution in [2.75, 3.05) is 0 Å². The summed E-state index contributed by atoms with van der Waals surface area (Å²) in [6.45, 7) is 0. The molecule has 1 heterocycles. The van der Waals surface area contributed by atoms with E-state index in [2.05, 4.69) is 0 Å². The molecule has 2 nitrogen and oxygen atoms in total. The molecule has 0 fully saturated rings. The highest BCUT2D eigenvalue weighted by Crippen LogP contribution is 2.37. The number of hydrogen-bond donors (Lipinski definition) is 1. The van der Waals surface area contributed by atoms with Gasteiger partial charge in [-0.25, -0.2) is 4.79 Å². The lowest BCUT2D eigenvalue weighted by molar-refractivity contribution is 0.0702. The van der Waals surface area contributed by atoms with Gasteiger partial charge >= 0.3 is 5.97 Å². The van der Waals surface area contributed by atoms with E-state index in [9.17, 15) is 4.79 Å². The van der Waals surface area contributed by atoms with E-state index < -0.39 is 5.97 Å². The third-order valence-electron chi connectivity index (χ3n) is 2.30. The average Bonchev–Trinajstić information content (AvgIpc) is 2.45. The number of fused-ring (bicyclic) bond motifs is 1. The zero-order valence-electron chi connectivity index (χ0n) is 6.97. The number of aryl methyl sites for hydroxylation is 1. The molecule has 1 aliphatic rings. The summed E-state index contributed by atoms with van der Waals surface area (Å²) in [6.07, 6.45) is 4.22. The third-order valence-corrected chi connectivity index (χ3v) is 4.11. The van der Waals surface area contributed by atoms with Crippen LogP contribution in [0.3, 0.4) is 0 Å². The van der Waals surface area contributed by atoms with Crippen molar-refractivity contribution in [2.45, 2.75) is 25.7 Å². The summed E-state index contributed by atoms with van der Waals surface area (Å²) in [5.41, 5.74) is 1.08. The van der Waals surface area contributed by atoms with Crippen molar-refractivity contribution in [3.63, 3.8) is 0 Å². The fourth-order valence-corrected chi connectivity index (χ4v) is 3.25. The summed E-state index contributed by atoms with van der Waals surface area (Å²) in [7, 11) is 0. The van der Waals surface area contributed by atoms with Crippen LogP contribution >= 0.6 is 22.9 Å². The minimum absolute atomic E-state index is 0.313. The highest BCUT2D eigenvalue weighted by molar-refractivity contribution is 7.14. The maximum atomic E-state index is 10.8. The summed E-state index contributed by atoms with van der Waals surface area (Å²) in [5.74, 6) is -0.899. The molecule has 1 aromatic heterocycles. The van der Waals surface area contributed by atoms with Gasteiger partial charge in [0.2, 0.25) is 0 Å². The summed E-state index contributed by atoms with van der Waals surface area (Å²) < 4.78 is 0. The second kappa shape index (κ2) is 3.31. The minimum Gasteiger partial charge on any atom is -0.477 e. The number of aromatic carboxylic acids is 1. The molecule has 1 N–H and O–H groups in total. The normalized spacial score (nSPS) is 15.5. The zero-order valence-corrected chi connectivity index (χ0v) is 8.54. The molecule has 0 aromatic carbocycles. The molecule has 0 bridgehead atoms. The number of carboxylic acid groups (broad SMARTS) is 1. The van der Waals surface area contributed by atoms with Crippen LogP contribution in [-0.2, 0) is 12.8 Å². The Hall–Kier alpha value is -0.540. The molecule has 2 rings (SSSR count). The molecule has 0 saturated heterocycles. The smallest absolute Gasteiger partial charge is 0.347 e. The SMILES string of the molecule is O=C(O)c1sc2c(c1Cl)CCCC2. The fraction of sp³-hybridized carbons (Fsp3) is 0.444. The van der Waals surface area contributed by atoms with Crippen molar-refractivity contribution in [3.8, 4) is 0 Å². The number of hydrogen-bond acceptors (Lipinski definition) is 2. The van der Waals surface area contributed by atoms with E-state index in [4.69, 9.17) is 16.7 Å². The number of rotatable bonds is 1. The van der Waals surface area contributed by atoms with Crippen LogP contribution in [-0.4, -0.2) is 11.1 Å².